The van der Waals surface area contributed by atoms with Gasteiger partial charge in [0.15, 0.2) is 0 Å². The highest BCUT2D eigenvalue weighted by molar-refractivity contribution is 7.10. The Kier molecular flexibility index (Phi) is 6.63. The number of benzene rings is 1. The van der Waals surface area contributed by atoms with E-state index >= 15 is 0 Å². The van der Waals surface area contributed by atoms with Gasteiger partial charge in [0.05, 0.1) is 22.6 Å². The molecule has 3 rings (SSSR count). The Morgan fingerprint density at radius 3 is 2.70 bits per heavy atom. The standard InChI is InChI=1S/C21H22N2O6S/c1-13(2)29-10-5-9-22-18(16-8-4-11-30-16)17(20(25)21(22)26)19(24)14-6-3-7-15(12-14)23(27)28/h3-4,6-8,11-13,18,24H,5,9-10H2,1-2H3/t18-/m0/s1. The van der Waals surface area contributed by atoms with Gasteiger partial charge in [-0.05, 0) is 31.7 Å². The van der Waals surface area contributed by atoms with E-state index in [0.717, 1.165) is 4.88 Å². The fourth-order valence-electron chi connectivity index (χ4n) is 3.33. The minimum atomic E-state index is -0.804. The lowest BCUT2D eigenvalue weighted by Gasteiger charge is -2.24. The third-order valence-corrected chi connectivity index (χ3v) is 5.60. The molecule has 1 aromatic heterocycles. The number of thiophene rings is 1. The Morgan fingerprint density at radius 2 is 2.07 bits per heavy atom. The van der Waals surface area contributed by atoms with Gasteiger partial charge in [0.2, 0.25) is 0 Å². The van der Waals surface area contributed by atoms with E-state index < -0.39 is 28.4 Å². The summed E-state index contributed by atoms with van der Waals surface area (Å²) in [7, 11) is 0. The van der Waals surface area contributed by atoms with E-state index in [4.69, 9.17) is 4.74 Å². The van der Waals surface area contributed by atoms with Gasteiger partial charge in [-0.1, -0.05) is 18.2 Å². The number of aliphatic hydroxyl groups excluding tert-OH is 1. The zero-order valence-electron chi connectivity index (χ0n) is 16.6. The van der Waals surface area contributed by atoms with E-state index in [1.165, 1.54) is 40.5 Å². The van der Waals surface area contributed by atoms with Crippen molar-refractivity contribution < 1.29 is 24.4 Å². The zero-order chi connectivity index (χ0) is 21.8. The zero-order valence-corrected chi connectivity index (χ0v) is 17.4. The monoisotopic (exact) mass is 430 g/mol. The van der Waals surface area contributed by atoms with Gasteiger partial charge in [-0.3, -0.25) is 19.7 Å². The molecule has 1 amide bonds. The molecule has 1 saturated heterocycles. The average molecular weight is 430 g/mol. The second-order valence-electron chi connectivity index (χ2n) is 7.09. The van der Waals surface area contributed by atoms with Crippen LogP contribution in [0.3, 0.4) is 0 Å². The van der Waals surface area contributed by atoms with Crippen LogP contribution in [0.1, 0.15) is 36.8 Å². The lowest BCUT2D eigenvalue weighted by Crippen LogP contribution is -2.31. The van der Waals surface area contributed by atoms with E-state index in [2.05, 4.69) is 0 Å². The Bertz CT molecular complexity index is 983. The van der Waals surface area contributed by atoms with Crippen molar-refractivity contribution in [2.24, 2.45) is 0 Å². The molecule has 0 spiro atoms. The number of hydrogen-bond acceptors (Lipinski definition) is 7. The van der Waals surface area contributed by atoms with Crippen LogP contribution in [0.25, 0.3) is 5.76 Å². The number of nitrogens with zero attached hydrogens (tertiary/aromatic N) is 2. The number of nitro benzene ring substituents is 1. The van der Waals surface area contributed by atoms with Crippen LogP contribution in [-0.2, 0) is 14.3 Å². The van der Waals surface area contributed by atoms with Crippen LogP contribution >= 0.6 is 11.3 Å². The highest BCUT2D eigenvalue weighted by Crippen LogP contribution is 2.41. The van der Waals surface area contributed by atoms with E-state index in [1.54, 1.807) is 12.1 Å². The Hall–Kier alpha value is -3.04. The van der Waals surface area contributed by atoms with E-state index in [9.17, 15) is 24.8 Å². The number of ether oxygens (including phenoxy) is 1. The molecular weight excluding hydrogens is 408 g/mol. The SMILES string of the molecule is CC(C)OCCCN1C(=O)C(=O)C(=C(O)c2cccc([N+](=O)[O-])c2)[C@@H]1c1cccs1. The van der Waals surface area contributed by atoms with Crippen LogP contribution in [0, 0.1) is 10.1 Å². The first kappa shape index (κ1) is 21.7. The van der Waals surface area contributed by atoms with Crippen LogP contribution < -0.4 is 0 Å². The first-order valence-electron chi connectivity index (χ1n) is 9.49. The number of carbonyl (C=O) groups excluding carboxylic acids is 2. The number of Topliss-reactive ketones (excluding diaryl/α,β-unsaturated/α-hetero) is 1. The molecule has 9 heteroatoms. The van der Waals surface area contributed by atoms with Crippen molar-refractivity contribution >= 4 is 34.5 Å². The van der Waals surface area contributed by atoms with Crippen molar-refractivity contribution in [3.63, 3.8) is 0 Å². The number of likely N-dealkylation sites (tertiary alicyclic amines) is 1. The molecule has 1 aromatic carbocycles. The molecule has 0 aliphatic carbocycles. The van der Waals surface area contributed by atoms with Crippen molar-refractivity contribution in [1.29, 1.82) is 0 Å². The number of ketones is 1. The van der Waals surface area contributed by atoms with Gasteiger partial charge in [-0.15, -0.1) is 11.3 Å². The van der Waals surface area contributed by atoms with Gasteiger partial charge in [-0.2, -0.15) is 0 Å². The number of non-ortho nitro benzene ring substituents is 1. The van der Waals surface area contributed by atoms with Crippen LogP contribution in [0.2, 0.25) is 0 Å². The molecule has 2 aromatic rings. The van der Waals surface area contributed by atoms with E-state index in [-0.39, 0.29) is 29.5 Å². The Labute approximate surface area is 177 Å². The second kappa shape index (κ2) is 9.19. The number of rotatable bonds is 8. The lowest BCUT2D eigenvalue weighted by molar-refractivity contribution is -0.384. The molecule has 2 heterocycles. The summed E-state index contributed by atoms with van der Waals surface area (Å²) in [5, 5.41) is 23.8. The third-order valence-electron chi connectivity index (χ3n) is 4.68. The van der Waals surface area contributed by atoms with Crippen molar-refractivity contribution in [2.75, 3.05) is 13.2 Å². The van der Waals surface area contributed by atoms with E-state index in [0.29, 0.717) is 13.0 Å². The number of carbonyl (C=O) groups is 2. The third kappa shape index (κ3) is 4.42. The number of aliphatic hydroxyl groups is 1. The van der Waals surface area contributed by atoms with Crippen molar-refractivity contribution in [3.8, 4) is 0 Å². The van der Waals surface area contributed by atoms with Gasteiger partial charge in [0, 0.05) is 35.7 Å². The normalized spacial score (nSPS) is 18.4. The summed E-state index contributed by atoms with van der Waals surface area (Å²) in [4.78, 5) is 38.2. The molecular formula is C21H22N2O6S. The van der Waals surface area contributed by atoms with Crippen LogP contribution in [0.5, 0.6) is 0 Å². The maximum absolute atomic E-state index is 12.8. The molecule has 0 unspecified atom stereocenters. The molecule has 158 valence electrons. The number of hydrogen-bond donors (Lipinski definition) is 1. The summed E-state index contributed by atoms with van der Waals surface area (Å²) >= 11 is 1.37. The fraction of sp³-hybridized carbons (Fsp3) is 0.333. The minimum Gasteiger partial charge on any atom is -0.507 e. The van der Waals surface area contributed by atoms with Crippen molar-refractivity contribution in [3.05, 3.63) is 67.9 Å². The molecule has 1 N–H and O–H groups in total. The summed E-state index contributed by atoms with van der Waals surface area (Å²) in [6.45, 7) is 4.54. The molecule has 1 aliphatic heterocycles. The molecule has 0 bridgehead atoms. The topological polar surface area (TPSA) is 110 Å². The maximum atomic E-state index is 12.8. The Balaban J connectivity index is 2.00. The van der Waals surface area contributed by atoms with Crippen molar-refractivity contribution in [2.45, 2.75) is 32.4 Å². The summed E-state index contributed by atoms with van der Waals surface area (Å²) in [6.07, 6.45) is 0.589. The molecule has 8 nitrogen and oxygen atoms in total. The second-order valence-corrected chi connectivity index (χ2v) is 8.07. The molecule has 0 saturated carbocycles. The minimum absolute atomic E-state index is 0.0578. The predicted octanol–water partition coefficient (Wildman–Crippen LogP) is 3.89. The average Bonchev–Trinajstić information content (AvgIpc) is 3.32. The van der Waals surface area contributed by atoms with Gasteiger partial charge < -0.3 is 14.7 Å². The van der Waals surface area contributed by atoms with Crippen LogP contribution in [0.15, 0.2) is 47.4 Å². The number of amides is 1. The molecule has 1 aliphatic rings. The first-order valence-corrected chi connectivity index (χ1v) is 10.4. The largest absolute Gasteiger partial charge is 0.507 e. The highest BCUT2D eigenvalue weighted by atomic mass is 32.1. The summed E-state index contributed by atoms with van der Waals surface area (Å²) in [5.74, 6) is -1.93. The summed E-state index contributed by atoms with van der Waals surface area (Å²) < 4.78 is 5.52. The summed E-state index contributed by atoms with van der Waals surface area (Å²) in [5.41, 5.74) is -0.161. The van der Waals surface area contributed by atoms with E-state index in [1.807, 2.05) is 19.2 Å². The molecule has 30 heavy (non-hydrogen) atoms. The van der Waals surface area contributed by atoms with Crippen LogP contribution in [0.4, 0.5) is 5.69 Å². The van der Waals surface area contributed by atoms with Crippen LogP contribution in [-0.4, -0.2) is 45.9 Å². The molecule has 0 radical (unpaired) electrons. The summed E-state index contributed by atoms with van der Waals surface area (Å²) in [6, 6.07) is 8.22. The smallest absolute Gasteiger partial charge is 0.295 e. The van der Waals surface area contributed by atoms with Gasteiger partial charge in [0.1, 0.15) is 5.76 Å². The first-order chi connectivity index (χ1) is 14.3. The molecule has 1 fully saturated rings. The predicted molar refractivity (Wildman–Crippen MR) is 112 cm³/mol. The van der Waals surface area contributed by atoms with Gasteiger partial charge in [-0.25, -0.2) is 0 Å². The Morgan fingerprint density at radius 1 is 1.30 bits per heavy atom. The quantitative estimate of drug-likeness (QED) is 0.170. The highest BCUT2D eigenvalue weighted by Gasteiger charge is 2.46. The van der Waals surface area contributed by atoms with Crippen molar-refractivity contribution in [1.82, 2.24) is 4.90 Å². The maximum Gasteiger partial charge on any atom is 0.295 e. The fourth-order valence-corrected chi connectivity index (χ4v) is 4.17. The lowest BCUT2D eigenvalue weighted by atomic mass is 9.99. The molecule has 1 atom stereocenters. The van der Waals surface area contributed by atoms with Gasteiger partial charge in [0.25, 0.3) is 17.4 Å². The number of nitro groups is 1. The van der Waals surface area contributed by atoms with Gasteiger partial charge >= 0.3 is 0 Å².